The maximum absolute atomic E-state index is 14.0. The fourth-order valence-corrected chi connectivity index (χ4v) is 5.83. The molecule has 0 bridgehead atoms. The van der Waals surface area contributed by atoms with Gasteiger partial charge in [-0.3, -0.25) is 13.9 Å². The Labute approximate surface area is 235 Å². The standard InChI is InChI=1S/C29H34ClN3O5S/c1-5-25(29(35)31-6-2)32(19-22-11-7-8-12-24(22)30)28(34)20-33(26-13-9-10-14-27(26)38-4)39(36,37)23-17-15-21(3)16-18-23/h7-18,25H,5-6,19-20H2,1-4H3,(H,31,35)/t25-/m0/s1. The first-order valence-corrected chi connectivity index (χ1v) is 14.5. The number of methoxy groups -OCH3 is 1. The molecule has 0 aromatic heterocycles. The van der Waals surface area contributed by atoms with Crippen LogP contribution in [-0.2, 0) is 26.2 Å². The molecule has 3 aromatic carbocycles. The van der Waals surface area contributed by atoms with Crippen molar-refractivity contribution in [1.82, 2.24) is 10.2 Å². The van der Waals surface area contributed by atoms with E-state index in [1.165, 1.54) is 24.1 Å². The van der Waals surface area contributed by atoms with Gasteiger partial charge < -0.3 is 15.0 Å². The van der Waals surface area contributed by atoms with E-state index in [2.05, 4.69) is 5.32 Å². The Morgan fingerprint density at radius 3 is 2.23 bits per heavy atom. The number of carbonyl (C=O) groups is 2. The summed E-state index contributed by atoms with van der Waals surface area (Å²) >= 11 is 6.41. The number of likely N-dealkylation sites (N-methyl/N-ethyl adjacent to an activating group) is 1. The normalized spacial score (nSPS) is 11.9. The Morgan fingerprint density at radius 2 is 1.62 bits per heavy atom. The van der Waals surface area contributed by atoms with Crippen LogP contribution in [0.25, 0.3) is 0 Å². The van der Waals surface area contributed by atoms with Gasteiger partial charge in [0.15, 0.2) is 0 Å². The second-order valence-electron chi connectivity index (χ2n) is 8.93. The third-order valence-corrected chi connectivity index (χ3v) is 8.42. The number of hydrogen-bond acceptors (Lipinski definition) is 5. The average Bonchev–Trinajstić information content (AvgIpc) is 2.92. The van der Waals surface area contributed by atoms with Crippen molar-refractivity contribution in [2.24, 2.45) is 0 Å². The third-order valence-electron chi connectivity index (χ3n) is 6.28. The number of benzene rings is 3. The molecule has 1 atom stereocenters. The number of nitrogens with one attached hydrogen (secondary N) is 1. The molecule has 3 rings (SSSR count). The molecule has 0 aliphatic heterocycles. The van der Waals surface area contributed by atoms with Gasteiger partial charge in [-0.2, -0.15) is 0 Å². The number of anilines is 1. The van der Waals surface area contributed by atoms with Crippen molar-refractivity contribution in [3.8, 4) is 5.75 Å². The van der Waals surface area contributed by atoms with Gasteiger partial charge in [0, 0.05) is 18.1 Å². The predicted molar refractivity (Wildman–Crippen MR) is 153 cm³/mol. The molecule has 0 heterocycles. The first kappa shape index (κ1) is 30.0. The number of sulfonamides is 1. The van der Waals surface area contributed by atoms with Gasteiger partial charge >= 0.3 is 0 Å². The molecule has 0 saturated heterocycles. The molecule has 0 aliphatic rings. The van der Waals surface area contributed by atoms with E-state index in [0.717, 1.165) is 9.87 Å². The third kappa shape index (κ3) is 7.10. The molecule has 3 aromatic rings. The van der Waals surface area contributed by atoms with Crippen LogP contribution in [0.4, 0.5) is 5.69 Å². The van der Waals surface area contributed by atoms with E-state index in [1.54, 1.807) is 74.5 Å². The predicted octanol–water partition coefficient (Wildman–Crippen LogP) is 4.80. The summed E-state index contributed by atoms with van der Waals surface area (Å²) in [4.78, 5) is 28.5. The van der Waals surface area contributed by atoms with Gasteiger partial charge in [-0.05, 0) is 56.2 Å². The second kappa shape index (κ2) is 13.5. The van der Waals surface area contributed by atoms with Crippen LogP contribution < -0.4 is 14.4 Å². The Morgan fingerprint density at radius 1 is 0.974 bits per heavy atom. The van der Waals surface area contributed by atoms with Gasteiger partial charge in [0.1, 0.15) is 18.3 Å². The van der Waals surface area contributed by atoms with E-state index >= 15 is 0 Å². The Balaban J connectivity index is 2.11. The minimum atomic E-state index is -4.20. The molecule has 0 radical (unpaired) electrons. The highest BCUT2D eigenvalue weighted by Gasteiger charge is 2.34. The van der Waals surface area contributed by atoms with E-state index < -0.39 is 28.5 Å². The zero-order valence-electron chi connectivity index (χ0n) is 22.6. The van der Waals surface area contributed by atoms with E-state index in [4.69, 9.17) is 16.3 Å². The fraction of sp³-hybridized carbons (Fsp3) is 0.310. The number of nitrogens with zero attached hydrogens (tertiary/aromatic N) is 2. The first-order chi connectivity index (χ1) is 18.6. The topological polar surface area (TPSA) is 96.0 Å². The SMILES string of the molecule is CCNC(=O)[C@H](CC)N(Cc1ccccc1Cl)C(=O)CN(c1ccccc1OC)S(=O)(=O)c1ccc(C)cc1. The molecule has 208 valence electrons. The smallest absolute Gasteiger partial charge is 0.264 e. The monoisotopic (exact) mass is 571 g/mol. The molecule has 10 heteroatoms. The summed E-state index contributed by atoms with van der Waals surface area (Å²) in [5.41, 5.74) is 1.74. The zero-order chi connectivity index (χ0) is 28.6. The van der Waals surface area contributed by atoms with Crippen LogP contribution in [-0.4, -0.2) is 51.4 Å². The molecule has 0 saturated carbocycles. The lowest BCUT2D eigenvalue weighted by Crippen LogP contribution is -2.52. The van der Waals surface area contributed by atoms with Gasteiger partial charge in [-0.15, -0.1) is 0 Å². The van der Waals surface area contributed by atoms with Crippen LogP contribution in [0.2, 0.25) is 5.02 Å². The summed E-state index contributed by atoms with van der Waals surface area (Å²) in [6.45, 7) is 5.31. The van der Waals surface area contributed by atoms with Crippen LogP contribution in [0.15, 0.2) is 77.7 Å². The molecular formula is C29H34ClN3O5S. The van der Waals surface area contributed by atoms with Gasteiger partial charge in [0.25, 0.3) is 10.0 Å². The molecule has 0 fully saturated rings. The largest absolute Gasteiger partial charge is 0.495 e. The van der Waals surface area contributed by atoms with Crippen molar-refractivity contribution in [3.05, 3.63) is 88.9 Å². The second-order valence-corrected chi connectivity index (χ2v) is 11.2. The molecule has 2 amide bonds. The maximum atomic E-state index is 14.0. The lowest BCUT2D eigenvalue weighted by molar-refractivity contribution is -0.140. The van der Waals surface area contributed by atoms with Gasteiger partial charge in [-0.25, -0.2) is 8.42 Å². The molecule has 39 heavy (non-hydrogen) atoms. The highest BCUT2D eigenvalue weighted by Crippen LogP contribution is 2.33. The van der Waals surface area contributed by atoms with Crippen molar-refractivity contribution in [2.75, 3.05) is 24.5 Å². The fourth-order valence-electron chi connectivity index (χ4n) is 4.21. The molecule has 0 spiro atoms. The summed E-state index contributed by atoms with van der Waals surface area (Å²) in [5, 5.41) is 3.22. The highest BCUT2D eigenvalue weighted by molar-refractivity contribution is 7.92. The summed E-state index contributed by atoms with van der Waals surface area (Å²) in [6.07, 6.45) is 0.321. The number of rotatable bonds is 12. The molecule has 8 nitrogen and oxygen atoms in total. The van der Waals surface area contributed by atoms with Gasteiger partial charge in [-0.1, -0.05) is 66.6 Å². The zero-order valence-corrected chi connectivity index (χ0v) is 24.1. The molecule has 0 unspecified atom stereocenters. The quantitative estimate of drug-likeness (QED) is 0.337. The van der Waals surface area contributed by atoms with E-state index in [9.17, 15) is 18.0 Å². The van der Waals surface area contributed by atoms with Crippen molar-refractivity contribution in [1.29, 1.82) is 0 Å². The van der Waals surface area contributed by atoms with Crippen molar-refractivity contribution < 1.29 is 22.7 Å². The summed E-state index contributed by atoms with van der Waals surface area (Å²) in [5.74, 6) is -0.602. The lowest BCUT2D eigenvalue weighted by Gasteiger charge is -2.33. The Kier molecular flexibility index (Phi) is 10.4. The van der Waals surface area contributed by atoms with E-state index in [-0.39, 0.29) is 28.8 Å². The minimum Gasteiger partial charge on any atom is -0.495 e. The number of ether oxygens (including phenoxy) is 1. The first-order valence-electron chi connectivity index (χ1n) is 12.7. The van der Waals surface area contributed by atoms with Crippen LogP contribution in [0.5, 0.6) is 5.75 Å². The molecular weight excluding hydrogens is 538 g/mol. The molecule has 1 N–H and O–H groups in total. The summed E-state index contributed by atoms with van der Waals surface area (Å²) < 4.78 is 34.4. The van der Waals surface area contributed by atoms with E-state index in [0.29, 0.717) is 23.6 Å². The summed E-state index contributed by atoms with van der Waals surface area (Å²) in [7, 11) is -2.76. The number of amides is 2. The average molecular weight is 572 g/mol. The Bertz CT molecular complexity index is 1400. The maximum Gasteiger partial charge on any atom is 0.264 e. The van der Waals surface area contributed by atoms with Gasteiger partial charge in [0.05, 0.1) is 17.7 Å². The Hall–Kier alpha value is -3.56. The number of hydrogen-bond donors (Lipinski definition) is 1. The highest BCUT2D eigenvalue weighted by atomic mass is 35.5. The van der Waals surface area contributed by atoms with Crippen LogP contribution in [0.3, 0.4) is 0 Å². The number of carbonyl (C=O) groups excluding carboxylic acids is 2. The van der Waals surface area contributed by atoms with E-state index in [1.807, 2.05) is 6.92 Å². The van der Waals surface area contributed by atoms with Crippen molar-refractivity contribution in [2.45, 2.75) is 44.7 Å². The van der Waals surface area contributed by atoms with Crippen molar-refractivity contribution in [3.63, 3.8) is 0 Å². The molecule has 0 aliphatic carbocycles. The lowest BCUT2D eigenvalue weighted by atomic mass is 10.1. The minimum absolute atomic E-state index is 0.0263. The van der Waals surface area contributed by atoms with Crippen LogP contribution in [0, 0.1) is 6.92 Å². The van der Waals surface area contributed by atoms with Crippen molar-refractivity contribution >= 4 is 39.1 Å². The number of aryl methyl sites for hydroxylation is 1. The number of para-hydroxylation sites is 2. The summed E-state index contributed by atoms with van der Waals surface area (Å²) in [6, 6.07) is 19.2. The van der Waals surface area contributed by atoms with Gasteiger partial charge in [0.2, 0.25) is 11.8 Å². The van der Waals surface area contributed by atoms with Crippen LogP contribution >= 0.6 is 11.6 Å². The number of halogens is 1. The van der Waals surface area contributed by atoms with Crippen LogP contribution in [0.1, 0.15) is 31.4 Å².